The van der Waals surface area contributed by atoms with Crippen LogP contribution in [0.15, 0.2) is 0 Å². The summed E-state index contributed by atoms with van der Waals surface area (Å²) in [6.45, 7) is 5.16. The molecule has 0 amide bonds. The second-order valence-electron chi connectivity index (χ2n) is 2.88. The second-order valence-corrected chi connectivity index (χ2v) is 3.39. The third-order valence-corrected chi connectivity index (χ3v) is 1.25. The summed E-state index contributed by atoms with van der Waals surface area (Å²) in [7, 11) is -2.87. The van der Waals surface area contributed by atoms with Gasteiger partial charge in [-0.15, -0.1) is 9.79 Å². The maximum Gasteiger partial charge on any atom is 0.692 e. The van der Waals surface area contributed by atoms with Gasteiger partial charge in [0.2, 0.25) is 0 Å². The summed E-state index contributed by atoms with van der Waals surface area (Å²) < 4.78 is 13.9. The molecule has 0 saturated carbocycles. The average molecular weight is 227 g/mol. The van der Waals surface area contributed by atoms with E-state index in [-0.39, 0.29) is 6.10 Å². The fourth-order valence-corrected chi connectivity index (χ4v) is 0.708. The van der Waals surface area contributed by atoms with Crippen LogP contribution in [-0.2, 0) is 9.30 Å². The molecule has 0 radical (unpaired) electrons. The fourth-order valence-electron chi connectivity index (χ4n) is 0.708. The van der Waals surface area contributed by atoms with Crippen LogP contribution in [0.1, 0.15) is 33.1 Å². The van der Waals surface area contributed by atoms with Crippen molar-refractivity contribution in [3.63, 3.8) is 0 Å². The van der Waals surface area contributed by atoms with E-state index in [9.17, 15) is 0 Å². The van der Waals surface area contributed by atoms with Crippen molar-refractivity contribution in [3.05, 3.63) is 0 Å². The van der Waals surface area contributed by atoms with Gasteiger partial charge in [0.1, 0.15) is 0 Å². The molecule has 86 valence electrons. The summed E-state index contributed by atoms with van der Waals surface area (Å²) in [6.07, 6.45) is 3.24. The van der Waals surface area contributed by atoms with Gasteiger partial charge in [-0.2, -0.15) is 0 Å². The summed E-state index contributed by atoms with van der Waals surface area (Å²) in [5.74, 6) is 0. The largest absolute Gasteiger partial charge is 0.692 e. The van der Waals surface area contributed by atoms with Crippen molar-refractivity contribution in [2.45, 2.75) is 39.2 Å². The van der Waals surface area contributed by atoms with E-state index >= 15 is 0 Å². The fraction of sp³-hybridized carbons (Fsp3) is 1.00. The van der Waals surface area contributed by atoms with Gasteiger partial charge in [0.25, 0.3) is 0 Å². The molecule has 14 heavy (non-hydrogen) atoms. The molecule has 0 saturated heterocycles. The lowest BCUT2D eigenvalue weighted by Gasteiger charge is -2.04. The third kappa shape index (κ3) is 29.7. The molecule has 0 heterocycles. The first kappa shape index (κ1) is 16.4. The standard InChI is InChI=1S/C8H18O2.HO3P/c1-3-4-5-6-10-7-8(2)9;1-4(2)3/h8-9H,3-7H2,1-2H3;(H-,1,2,3)/p+1. The van der Waals surface area contributed by atoms with Crippen LogP contribution in [0.3, 0.4) is 0 Å². The van der Waals surface area contributed by atoms with E-state index in [0.29, 0.717) is 6.61 Å². The van der Waals surface area contributed by atoms with Gasteiger partial charge in [-0.25, -0.2) is 0 Å². The van der Waals surface area contributed by atoms with Crippen molar-refractivity contribution in [2.75, 3.05) is 13.2 Å². The highest BCUT2D eigenvalue weighted by molar-refractivity contribution is 7.30. The van der Waals surface area contributed by atoms with Crippen molar-refractivity contribution >= 4 is 8.25 Å². The molecule has 0 aromatic heterocycles. The molecule has 0 aliphatic carbocycles. The van der Waals surface area contributed by atoms with Gasteiger partial charge in [0, 0.05) is 11.2 Å². The summed E-state index contributed by atoms with van der Waals surface area (Å²) >= 11 is 0. The van der Waals surface area contributed by atoms with Crippen LogP contribution in [0.25, 0.3) is 0 Å². The summed E-state index contributed by atoms with van der Waals surface area (Å²) in [6, 6.07) is 0. The minimum absolute atomic E-state index is 0.318. The predicted octanol–water partition coefficient (Wildman–Crippen LogP) is 1.20. The number of unbranched alkanes of at least 4 members (excludes halogenated alkanes) is 2. The molecule has 0 aromatic rings. The maximum absolute atomic E-state index is 8.78. The summed E-state index contributed by atoms with van der Waals surface area (Å²) in [5.41, 5.74) is 0. The van der Waals surface area contributed by atoms with E-state index in [1.54, 1.807) is 6.92 Å². The molecule has 0 spiro atoms. The first-order valence-electron chi connectivity index (χ1n) is 4.61. The SMILES string of the molecule is CCCCCOCC(C)O.O=[P+](O)O. The zero-order chi connectivity index (χ0) is 11.4. The highest BCUT2D eigenvalue weighted by Gasteiger charge is 1.93. The second kappa shape index (κ2) is 12.9. The van der Waals surface area contributed by atoms with E-state index in [0.717, 1.165) is 13.0 Å². The Kier molecular flexibility index (Phi) is 15.1. The van der Waals surface area contributed by atoms with Gasteiger partial charge < -0.3 is 9.84 Å². The van der Waals surface area contributed by atoms with Crippen molar-refractivity contribution in [1.82, 2.24) is 0 Å². The highest BCUT2D eigenvalue weighted by atomic mass is 31.1. The first-order chi connectivity index (χ1) is 6.50. The molecule has 0 aromatic carbocycles. The predicted molar refractivity (Wildman–Crippen MR) is 54.1 cm³/mol. The maximum atomic E-state index is 8.78. The lowest BCUT2D eigenvalue weighted by atomic mass is 10.3. The Morgan fingerprint density at radius 2 is 1.86 bits per heavy atom. The quantitative estimate of drug-likeness (QED) is 0.469. The minimum atomic E-state index is -2.87. The summed E-state index contributed by atoms with van der Waals surface area (Å²) in [5, 5.41) is 8.78. The van der Waals surface area contributed by atoms with E-state index in [1.807, 2.05) is 0 Å². The average Bonchev–Trinajstić information content (AvgIpc) is 2.02. The zero-order valence-corrected chi connectivity index (χ0v) is 9.61. The number of hydrogen-bond donors (Lipinski definition) is 3. The Morgan fingerprint density at radius 3 is 2.21 bits per heavy atom. The smallest absolute Gasteiger partial charge is 0.391 e. The molecular weight excluding hydrogens is 207 g/mol. The van der Waals surface area contributed by atoms with Crippen LogP contribution in [0, 0.1) is 0 Å². The number of ether oxygens (including phenoxy) is 1. The van der Waals surface area contributed by atoms with Crippen LogP contribution in [-0.4, -0.2) is 34.2 Å². The van der Waals surface area contributed by atoms with E-state index in [1.165, 1.54) is 12.8 Å². The van der Waals surface area contributed by atoms with Crippen LogP contribution in [0.5, 0.6) is 0 Å². The lowest BCUT2D eigenvalue weighted by molar-refractivity contribution is 0.0446. The third-order valence-electron chi connectivity index (χ3n) is 1.25. The molecule has 0 rings (SSSR count). The van der Waals surface area contributed by atoms with Gasteiger partial charge in [-0.05, 0) is 13.3 Å². The number of rotatable bonds is 6. The first-order valence-corrected chi connectivity index (χ1v) is 5.78. The van der Waals surface area contributed by atoms with Crippen LogP contribution in [0.2, 0.25) is 0 Å². The van der Waals surface area contributed by atoms with Crippen molar-refractivity contribution in [1.29, 1.82) is 0 Å². The molecule has 0 bridgehead atoms. The van der Waals surface area contributed by atoms with Crippen molar-refractivity contribution in [3.8, 4) is 0 Å². The molecule has 1 unspecified atom stereocenters. The molecule has 0 fully saturated rings. The molecule has 5 nitrogen and oxygen atoms in total. The van der Waals surface area contributed by atoms with E-state index < -0.39 is 8.25 Å². The zero-order valence-electron chi connectivity index (χ0n) is 8.72. The van der Waals surface area contributed by atoms with Crippen molar-refractivity contribution in [2.24, 2.45) is 0 Å². The Morgan fingerprint density at radius 1 is 1.36 bits per heavy atom. The molecular formula is C8H20O5P+. The monoisotopic (exact) mass is 227 g/mol. The van der Waals surface area contributed by atoms with Gasteiger partial charge in [-0.1, -0.05) is 19.8 Å². The topological polar surface area (TPSA) is 87.0 Å². The number of aliphatic hydroxyl groups excluding tert-OH is 1. The summed E-state index contributed by atoms with van der Waals surface area (Å²) in [4.78, 5) is 14.2. The molecule has 0 aliphatic heterocycles. The normalized spacial score (nSPS) is 11.5. The molecule has 6 heteroatoms. The Hall–Kier alpha value is -0.0600. The van der Waals surface area contributed by atoms with E-state index in [4.69, 9.17) is 24.2 Å². The van der Waals surface area contributed by atoms with Gasteiger partial charge in [-0.3, -0.25) is 0 Å². The lowest BCUT2D eigenvalue weighted by Crippen LogP contribution is -2.10. The Labute approximate surface area is 85.7 Å². The highest BCUT2D eigenvalue weighted by Crippen LogP contribution is 1.98. The van der Waals surface area contributed by atoms with Gasteiger partial charge in [0.15, 0.2) is 0 Å². The van der Waals surface area contributed by atoms with Crippen LogP contribution < -0.4 is 0 Å². The van der Waals surface area contributed by atoms with E-state index in [2.05, 4.69) is 6.92 Å². The number of hydrogen-bond acceptors (Lipinski definition) is 3. The van der Waals surface area contributed by atoms with Crippen LogP contribution in [0.4, 0.5) is 0 Å². The van der Waals surface area contributed by atoms with Crippen molar-refractivity contribution < 1.29 is 24.2 Å². The Balaban J connectivity index is 0. The Bertz CT molecular complexity index is 125. The molecule has 1 atom stereocenters. The van der Waals surface area contributed by atoms with Gasteiger partial charge >= 0.3 is 8.25 Å². The van der Waals surface area contributed by atoms with Crippen LogP contribution >= 0.6 is 8.25 Å². The van der Waals surface area contributed by atoms with Gasteiger partial charge in [0.05, 0.1) is 12.7 Å². The number of aliphatic hydroxyl groups is 1. The molecule has 0 aliphatic rings. The minimum Gasteiger partial charge on any atom is -0.391 e. The molecule has 3 N–H and O–H groups in total.